The molecular formula is C16H18FNO2. The van der Waals surface area contributed by atoms with E-state index in [-0.39, 0.29) is 23.8 Å². The van der Waals surface area contributed by atoms with E-state index in [1.807, 2.05) is 0 Å². The zero-order chi connectivity index (χ0) is 14.7. The Kier molecular flexibility index (Phi) is 4.39. The first kappa shape index (κ1) is 14.5. The highest BCUT2D eigenvalue weighted by molar-refractivity contribution is 6.00. The predicted octanol–water partition coefficient (Wildman–Crippen LogP) is 3.80. The Labute approximate surface area is 118 Å². The molecule has 1 aromatic rings. The standard InChI is InChI=1S/C16H18FNO2/c1-10-3-4-12(7-10)20-15-9-11(2)8-13(17)16(15)14(19)5-6-18/h8-10,12H,3-5,7H2,1-2H3/t10-,12-/m1/s1. The van der Waals surface area contributed by atoms with Crippen molar-refractivity contribution in [1.82, 2.24) is 0 Å². The minimum absolute atomic E-state index is 0.0276. The first-order chi connectivity index (χ1) is 9.51. The normalized spacial score (nSPS) is 21.5. The van der Waals surface area contributed by atoms with Gasteiger partial charge in [-0.1, -0.05) is 6.92 Å². The Morgan fingerprint density at radius 1 is 1.50 bits per heavy atom. The second-order valence-corrected chi connectivity index (χ2v) is 5.54. The summed E-state index contributed by atoms with van der Waals surface area (Å²) in [6.45, 7) is 3.91. The van der Waals surface area contributed by atoms with Crippen LogP contribution in [0.1, 0.15) is 48.5 Å². The number of benzene rings is 1. The van der Waals surface area contributed by atoms with Crippen LogP contribution >= 0.6 is 0 Å². The van der Waals surface area contributed by atoms with Crippen LogP contribution in [0.15, 0.2) is 12.1 Å². The van der Waals surface area contributed by atoms with E-state index in [9.17, 15) is 9.18 Å². The molecule has 1 aliphatic carbocycles. The Morgan fingerprint density at radius 2 is 2.25 bits per heavy atom. The number of ketones is 1. The van der Waals surface area contributed by atoms with E-state index < -0.39 is 11.6 Å². The molecule has 0 aliphatic heterocycles. The highest BCUT2D eigenvalue weighted by Crippen LogP contribution is 2.32. The number of rotatable bonds is 4. The first-order valence-corrected chi connectivity index (χ1v) is 6.88. The molecule has 0 heterocycles. The zero-order valence-corrected chi connectivity index (χ0v) is 11.8. The summed E-state index contributed by atoms with van der Waals surface area (Å²) in [4.78, 5) is 11.9. The van der Waals surface area contributed by atoms with Gasteiger partial charge in [-0.15, -0.1) is 0 Å². The van der Waals surface area contributed by atoms with E-state index in [2.05, 4.69) is 6.92 Å². The molecule has 0 unspecified atom stereocenters. The SMILES string of the molecule is Cc1cc(F)c(C(=O)CC#N)c(O[C@@H]2CC[C@@H](C)C2)c1. The molecule has 4 heteroatoms. The molecule has 1 saturated carbocycles. The summed E-state index contributed by atoms with van der Waals surface area (Å²) >= 11 is 0. The molecule has 0 radical (unpaired) electrons. The number of aryl methyl sites for hydroxylation is 1. The van der Waals surface area contributed by atoms with Crippen LogP contribution in [-0.4, -0.2) is 11.9 Å². The third-order valence-electron chi connectivity index (χ3n) is 3.66. The molecule has 0 saturated heterocycles. The minimum Gasteiger partial charge on any atom is -0.490 e. The summed E-state index contributed by atoms with van der Waals surface area (Å²) in [6.07, 6.45) is 2.61. The number of nitriles is 1. The molecule has 0 bridgehead atoms. The maximum Gasteiger partial charge on any atom is 0.183 e. The fourth-order valence-electron chi connectivity index (χ4n) is 2.68. The lowest BCUT2D eigenvalue weighted by molar-refractivity contribution is 0.0986. The number of Topliss-reactive ketones (excluding diaryl/α,β-unsaturated/α-hetero) is 1. The number of carbonyl (C=O) groups excluding carboxylic acids is 1. The molecule has 0 spiro atoms. The third kappa shape index (κ3) is 3.16. The Morgan fingerprint density at radius 3 is 2.85 bits per heavy atom. The van der Waals surface area contributed by atoms with Crippen LogP contribution in [0.3, 0.4) is 0 Å². The summed E-state index contributed by atoms with van der Waals surface area (Å²) in [7, 11) is 0. The summed E-state index contributed by atoms with van der Waals surface area (Å²) in [5, 5.41) is 8.62. The second kappa shape index (κ2) is 6.04. The van der Waals surface area contributed by atoms with Crippen molar-refractivity contribution in [2.45, 2.75) is 45.6 Å². The van der Waals surface area contributed by atoms with Gasteiger partial charge in [0.25, 0.3) is 0 Å². The van der Waals surface area contributed by atoms with Crippen molar-refractivity contribution in [3.05, 3.63) is 29.1 Å². The fraction of sp³-hybridized carbons (Fsp3) is 0.500. The van der Waals surface area contributed by atoms with E-state index >= 15 is 0 Å². The smallest absolute Gasteiger partial charge is 0.183 e. The fourth-order valence-corrected chi connectivity index (χ4v) is 2.68. The largest absolute Gasteiger partial charge is 0.490 e. The molecule has 1 aromatic carbocycles. The topological polar surface area (TPSA) is 50.1 Å². The molecule has 1 fully saturated rings. The van der Waals surface area contributed by atoms with E-state index in [4.69, 9.17) is 10.00 Å². The van der Waals surface area contributed by atoms with Crippen molar-refractivity contribution in [2.24, 2.45) is 5.92 Å². The maximum absolute atomic E-state index is 14.0. The summed E-state index contributed by atoms with van der Waals surface area (Å²) < 4.78 is 19.9. The van der Waals surface area contributed by atoms with Gasteiger partial charge in [0.2, 0.25) is 0 Å². The quantitative estimate of drug-likeness (QED) is 0.785. The molecule has 1 aliphatic rings. The van der Waals surface area contributed by atoms with Gasteiger partial charge in [-0.2, -0.15) is 5.26 Å². The van der Waals surface area contributed by atoms with Crippen LogP contribution in [0.4, 0.5) is 4.39 Å². The highest BCUT2D eigenvalue weighted by atomic mass is 19.1. The van der Waals surface area contributed by atoms with Crippen LogP contribution in [0.5, 0.6) is 5.75 Å². The molecule has 3 nitrogen and oxygen atoms in total. The van der Waals surface area contributed by atoms with Crippen LogP contribution in [0.2, 0.25) is 0 Å². The van der Waals surface area contributed by atoms with Crippen molar-refractivity contribution in [1.29, 1.82) is 5.26 Å². The van der Waals surface area contributed by atoms with Gasteiger partial charge in [0.15, 0.2) is 5.78 Å². The molecule has 0 amide bonds. The second-order valence-electron chi connectivity index (χ2n) is 5.54. The van der Waals surface area contributed by atoms with E-state index in [1.165, 1.54) is 6.07 Å². The van der Waals surface area contributed by atoms with Crippen molar-refractivity contribution in [3.8, 4) is 11.8 Å². The average Bonchev–Trinajstić information content (AvgIpc) is 2.74. The van der Waals surface area contributed by atoms with Crippen molar-refractivity contribution in [3.63, 3.8) is 0 Å². The van der Waals surface area contributed by atoms with Gasteiger partial charge in [-0.05, 0) is 49.8 Å². The Hall–Kier alpha value is -1.89. The predicted molar refractivity (Wildman–Crippen MR) is 73.1 cm³/mol. The molecule has 20 heavy (non-hydrogen) atoms. The lowest BCUT2D eigenvalue weighted by Gasteiger charge is -2.17. The van der Waals surface area contributed by atoms with Crippen molar-refractivity contribution >= 4 is 5.78 Å². The van der Waals surface area contributed by atoms with Gasteiger partial charge >= 0.3 is 0 Å². The summed E-state index contributed by atoms with van der Waals surface area (Å²) in [6, 6.07) is 4.74. The number of carbonyl (C=O) groups is 1. The third-order valence-corrected chi connectivity index (χ3v) is 3.66. The maximum atomic E-state index is 14.0. The van der Waals surface area contributed by atoms with E-state index in [1.54, 1.807) is 19.1 Å². The summed E-state index contributed by atoms with van der Waals surface area (Å²) in [5.41, 5.74) is 0.619. The molecule has 2 rings (SSSR count). The first-order valence-electron chi connectivity index (χ1n) is 6.88. The van der Waals surface area contributed by atoms with Crippen LogP contribution in [-0.2, 0) is 0 Å². The van der Waals surface area contributed by atoms with E-state index in [0.29, 0.717) is 11.5 Å². The van der Waals surface area contributed by atoms with Crippen LogP contribution in [0.25, 0.3) is 0 Å². The van der Waals surface area contributed by atoms with Crippen molar-refractivity contribution < 1.29 is 13.9 Å². The lowest BCUT2D eigenvalue weighted by Crippen LogP contribution is -2.15. The molecule has 0 N–H and O–H groups in total. The lowest BCUT2D eigenvalue weighted by atomic mass is 10.0. The van der Waals surface area contributed by atoms with E-state index in [0.717, 1.165) is 19.3 Å². The average molecular weight is 275 g/mol. The monoisotopic (exact) mass is 275 g/mol. The van der Waals surface area contributed by atoms with Gasteiger partial charge in [0.05, 0.1) is 24.2 Å². The van der Waals surface area contributed by atoms with Gasteiger partial charge in [-0.3, -0.25) is 4.79 Å². The molecule has 2 atom stereocenters. The molecule has 0 aromatic heterocycles. The number of halogens is 1. The molecule has 106 valence electrons. The number of hydrogen-bond acceptors (Lipinski definition) is 3. The molecular weight excluding hydrogens is 257 g/mol. The van der Waals surface area contributed by atoms with Gasteiger partial charge in [0, 0.05) is 0 Å². The van der Waals surface area contributed by atoms with Crippen LogP contribution in [0, 0.1) is 30.0 Å². The number of ether oxygens (including phenoxy) is 1. The summed E-state index contributed by atoms with van der Waals surface area (Å²) in [5.74, 6) is -0.257. The highest BCUT2D eigenvalue weighted by Gasteiger charge is 2.26. The van der Waals surface area contributed by atoms with Crippen molar-refractivity contribution in [2.75, 3.05) is 0 Å². The van der Waals surface area contributed by atoms with Gasteiger partial charge < -0.3 is 4.74 Å². The van der Waals surface area contributed by atoms with Crippen LogP contribution < -0.4 is 4.74 Å². The Bertz CT molecular complexity index is 562. The van der Waals surface area contributed by atoms with Gasteiger partial charge in [-0.25, -0.2) is 4.39 Å². The number of nitrogens with zero attached hydrogens (tertiary/aromatic N) is 1. The zero-order valence-electron chi connectivity index (χ0n) is 11.8. The number of hydrogen-bond donors (Lipinski definition) is 0. The Balaban J connectivity index is 2.30. The van der Waals surface area contributed by atoms with Gasteiger partial charge in [0.1, 0.15) is 11.6 Å². The minimum atomic E-state index is -0.605.